The van der Waals surface area contributed by atoms with E-state index in [-0.39, 0.29) is 53.8 Å². The predicted octanol–water partition coefficient (Wildman–Crippen LogP) is 18.0. The van der Waals surface area contributed by atoms with E-state index in [9.17, 15) is 0 Å². The standard InChI is InChI=1S/C40H72Cl10/c1-3-32(42)24-36(46)28-40(50)30-38(48)26-34(44)22-20-18-16-14-12-10-8-6-4-5-7-9-11-13-15-17-19-21-33(43)25-37(47)29-39(49)27-35(45)23-31(2)41/h31-40H,3-30H2,1-2H3. The number of alkyl halides is 10. The van der Waals surface area contributed by atoms with Crippen molar-refractivity contribution in [1.82, 2.24) is 0 Å². The molecule has 0 radical (unpaired) electrons. The van der Waals surface area contributed by atoms with Crippen molar-refractivity contribution in [3.05, 3.63) is 0 Å². The van der Waals surface area contributed by atoms with Gasteiger partial charge in [0.2, 0.25) is 0 Å². The van der Waals surface area contributed by atoms with Gasteiger partial charge in [0.15, 0.2) is 0 Å². The number of halogens is 10. The van der Waals surface area contributed by atoms with Gasteiger partial charge in [-0.05, 0) is 77.6 Å². The fourth-order valence-corrected chi connectivity index (χ4v) is 11.2. The third kappa shape index (κ3) is 36.5. The van der Waals surface area contributed by atoms with E-state index in [1.165, 1.54) is 109 Å². The lowest BCUT2D eigenvalue weighted by Crippen LogP contribution is -2.18. The first-order valence-electron chi connectivity index (χ1n) is 20.2. The topological polar surface area (TPSA) is 0 Å². The van der Waals surface area contributed by atoms with Crippen molar-refractivity contribution in [3.63, 3.8) is 0 Å². The molecule has 10 unspecified atom stereocenters. The van der Waals surface area contributed by atoms with Gasteiger partial charge in [-0.3, -0.25) is 0 Å². The lowest BCUT2D eigenvalue weighted by molar-refractivity contribution is 0.514. The van der Waals surface area contributed by atoms with Gasteiger partial charge in [-0.15, -0.1) is 116 Å². The predicted molar refractivity (Wildman–Crippen MR) is 237 cm³/mol. The van der Waals surface area contributed by atoms with E-state index in [4.69, 9.17) is 116 Å². The maximum absolute atomic E-state index is 6.59. The largest absolute Gasteiger partial charge is 0.123 e. The highest BCUT2D eigenvalue weighted by Gasteiger charge is 2.21. The van der Waals surface area contributed by atoms with Crippen molar-refractivity contribution in [3.8, 4) is 0 Å². The van der Waals surface area contributed by atoms with Crippen LogP contribution in [0.4, 0.5) is 0 Å². The van der Waals surface area contributed by atoms with Crippen LogP contribution in [-0.2, 0) is 0 Å². The van der Waals surface area contributed by atoms with E-state index in [1.807, 2.05) is 6.92 Å². The monoisotopic (exact) mass is 902 g/mol. The molecule has 0 saturated carbocycles. The third-order valence-electron chi connectivity index (χ3n) is 9.64. The van der Waals surface area contributed by atoms with Crippen LogP contribution in [-0.4, -0.2) is 53.8 Å². The molecule has 0 aliphatic heterocycles. The van der Waals surface area contributed by atoms with Gasteiger partial charge in [-0.2, -0.15) is 0 Å². The summed E-state index contributed by atoms with van der Waals surface area (Å²) in [7, 11) is 0. The molecule has 0 N–H and O–H groups in total. The van der Waals surface area contributed by atoms with E-state index in [2.05, 4.69) is 6.92 Å². The highest BCUT2D eigenvalue weighted by Crippen LogP contribution is 2.28. The van der Waals surface area contributed by atoms with Crippen LogP contribution in [0.5, 0.6) is 0 Å². The first-order valence-corrected chi connectivity index (χ1v) is 24.6. The van der Waals surface area contributed by atoms with Gasteiger partial charge in [-0.1, -0.05) is 116 Å². The fraction of sp³-hybridized carbons (Fsp3) is 1.00. The molecule has 0 rings (SSSR count). The molecule has 0 amide bonds. The van der Waals surface area contributed by atoms with Crippen molar-refractivity contribution in [2.75, 3.05) is 0 Å². The Kier molecular flexibility index (Phi) is 38.4. The summed E-state index contributed by atoms with van der Waals surface area (Å²) >= 11 is 64.2. The molecule has 50 heavy (non-hydrogen) atoms. The summed E-state index contributed by atoms with van der Waals surface area (Å²) in [5, 5.41) is 0.396. The van der Waals surface area contributed by atoms with Crippen molar-refractivity contribution >= 4 is 116 Å². The summed E-state index contributed by atoms with van der Waals surface area (Å²) < 4.78 is 0. The van der Waals surface area contributed by atoms with Gasteiger partial charge >= 0.3 is 0 Å². The molecule has 10 atom stereocenters. The highest BCUT2D eigenvalue weighted by molar-refractivity contribution is 6.27. The van der Waals surface area contributed by atoms with Crippen molar-refractivity contribution in [2.45, 2.75) is 247 Å². The second-order valence-electron chi connectivity index (χ2n) is 15.0. The highest BCUT2D eigenvalue weighted by atomic mass is 35.5. The molecule has 0 bridgehead atoms. The summed E-state index contributed by atoms with van der Waals surface area (Å²) in [5.41, 5.74) is 0. The maximum atomic E-state index is 6.59. The normalized spacial score (nSPS) is 18.2. The molecule has 10 heteroatoms. The number of unbranched alkanes of at least 4 members (excludes halogenated alkanes) is 16. The molecule has 0 aliphatic carbocycles. The van der Waals surface area contributed by atoms with Crippen LogP contribution >= 0.6 is 116 Å². The van der Waals surface area contributed by atoms with Gasteiger partial charge in [0, 0.05) is 53.8 Å². The molecule has 0 aromatic heterocycles. The Morgan fingerprint density at radius 1 is 0.260 bits per heavy atom. The minimum atomic E-state index is -0.0261. The van der Waals surface area contributed by atoms with E-state index < -0.39 is 0 Å². The van der Waals surface area contributed by atoms with Crippen LogP contribution in [0.3, 0.4) is 0 Å². The molecule has 0 fully saturated rings. The molecule has 0 heterocycles. The Bertz CT molecular complexity index is 714. The molecule has 0 aromatic rings. The van der Waals surface area contributed by atoms with Crippen molar-refractivity contribution < 1.29 is 0 Å². The van der Waals surface area contributed by atoms with Gasteiger partial charge < -0.3 is 0 Å². The van der Waals surface area contributed by atoms with Gasteiger partial charge in [0.1, 0.15) is 0 Å². The Morgan fingerprint density at radius 3 is 0.700 bits per heavy atom. The van der Waals surface area contributed by atoms with Crippen LogP contribution in [0.25, 0.3) is 0 Å². The number of hydrogen-bond donors (Lipinski definition) is 0. The maximum Gasteiger partial charge on any atom is 0.0364 e. The van der Waals surface area contributed by atoms with E-state index in [0.717, 1.165) is 70.6 Å². The number of rotatable bonds is 37. The third-order valence-corrected chi connectivity index (χ3v) is 13.2. The Balaban J connectivity index is 3.50. The van der Waals surface area contributed by atoms with Gasteiger partial charge in [0.05, 0.1) is 0 Å². The zero-order chi connectivity index (χ0) is 37.6. The molecule has 0 saturated heterocycles. The van der Waals surface area contributed by atoms with Gasteiger partial charge in [-0.25, -0.2) is 0 Å². The molecular formula is C40H72Cl10. The minimum absolute atomic E-state index is 0.0000526. The molecule has 0 aliphatic rings. The SMILES string of the molecule is CCC(Cl)CC(Cl)CC(Cl)CC(Cl)CC(Cl)CCCCCCCCCCCCCCCCCCCC(Cl)CC(Cl)CC(Cl)CC(Cl)CC(C)Cl. The lowest BCUT2D eigenvalue weighted by atomic mass is 10.0. The minimum Gasteiger partial charge on any atom is -0.123 e. The molecule has 0 spiro atoms. The van der Waals surface area contributed by atoms with Crippen LogP contribution < -0.4 is 0 Å². The van der Waals surface area contributed by atoms with Crippen LogP contribution in [0, 0.1) is 0 Å². The Hall–Kier alpha value is 2.90. The average Bonchev–Trinajstić information content (AvgIpc) is 3.00. The first-order chi connectivity index (χ1) is 23.8. The smallest absolute Gasteiger partial charge is 0.0364 e. The van der Waals surface area contributed by atoms with E-state index in [1.54, 1.807) is 0 Å². The summed E-state index contributed by atoms with van der Waals surface area (Å²) in [6.07, 6.45) is 31.8. The fourth-order valence-electron chi connectivity index (χ4n) is 6.66. The van der Waals surface area contributed by atoms with E-state index in [0.29, 0.717) is 0 Å². The summed E-state index contributed by atoms with van der Waals surface area (Å²) in [6.45, 7) is 4.03. The average molecular weight is 908 g/mol. The first kappa shape index (κ1) is 52.9. The van der Waals surface area contributed by atoms with Crippen LogP contribution in [0.2, 0.25) is 0 Å². The van der Waals surface area contributed by atoms with Crippen LogP contribution in [0.1, 0.15) is 194 Å². The van der Waals surface area contributed by atoms with Gasteiger partial charge in [0.25, 0.3) is 0 Å². The Morgan fingerprint density at radius 2 is 0.460 bits per heavy atom. The summed E-state index contributed by atoms with van der Waals surface area (Å²) in [4.78, 5) is 0. The number of hydrogen-bond acceptors (Lipinski definition) is 0. The van der Waals surface area contributed by atoms with Crippen LogP contribution in [0.15, 0.2) is 0 Å². The summed E-state index contributed by atoms with van der Waals surface area (Å²) in [6, 6.07) is 0. The second-order valence-corrected chi connectivity index (χ2v) is 21.3. The second kappa shape index (κ2) is 36.3. The molecule has 0 nitrogen and oxygen atoms in total. The quantitative estimate of drug-likeness (QED) is 0.0430. The summed E-state index contributed by atoms with van der Waals surface area (Å²) in [5.74, 6) is 0. The van der Waals surface area contributed by atoms with Crippen molar-refractivity contribution in [1.29, 1.82) is 0 Å². The Labute approximate surface area is 360 Å². The lowest BCUT2D eigenvalue weighted by Gasteiger charge is -2.20. The van der Waals surface area contributed by atoms with E-state index >= 15 is 0 Å². The van der Waals surface area contributed by atoms with Crippen molar-refractivity contribution in [2.24, 2.45) is 0 Å². The molecule has 302 valence electrons. The zero-order valence-corrected chi connectivity index (χ0v) is 38.9. The molecular weight excluding hydrogens is 835 g/mol. The molecule has 0 aromatic carbocycles. The zero-order valence-electron chi connectivity index (χ0n) is 31.4.